The van der Waals surface area contributed by atoms with Crippen molar-refractivity contribution in [1.82, 2.24) is 5.32 Å². The summed E-state index contributed by atoms with van der Waals surface area (Å²) in [5.41, 5.74) is -0.268. The van der Waals surface area contributed by atoms with Crippen molar-refractivity contribution >= 4 is 35.3 Å². The molecule has 1 rings (SSSR count). The first-order valence-electron chi connectivity index (χ1n) is 6.23. The van der Waals surface area contributed by atoms with Crippen molar-refractivity contribution in [2.24, 2.45) is 0 Å². The molecule has 1 atom stereocenters. The summed E-state index contributed by atoms with van der Waals surface area (Å²) >= 11 is 11.8. The predicted octanol–water partition coefficient (Wildman–Crippen LogP) is 2.70. The third kappa shape index (κ3) is 6.23. The lowest BCUT2D eigenvalue weighted by molar-refractivity contribution is -0.306. The molecule has 1 aromatic carbocycles. The fourth-order valence-electron chi connectivity index (χ4n) is 1.64. The van der Waals surface area contributed by atoms with E-state index in [1.54, 1.807) is 32.9 Å². The lowest BCUT2D eigenvalue weighted by Gasteiger charge is -2.24. The van der Waals surface area contributed by atoms with Gasteiger partial charge in [-0.1, -0.05) is 29.3 Å². The van der Waals surface area contributed by atoms with Gasteiger partial charge in [-0.25, -0.2) is 4.79 Å². The fraction of sp³-hybridized carbons (Fsp3) is 0.429. The third-order valence-electron chi connectivity index (χ3n) is 2.40. The van der Waals surface area contributed by atoms with E-state index >= 15 is 0 Å². The number of halogens is 2. The first-order valence-corrected chi connectivity index (χ1v) is 6.98. The third-order valence-corrected chi connectivity index (χ3v) is 2.96. The van der Waals surface area contributed by atoms with Crippen LogP contribution in [0.4, 0.5) is 4.79 Å². The van der Waals surface area contributed by atoms with E-state index in [1.807, 2.05) is 0 Å². The topological polar surface area (TPSA) is 78.5 Å². The van der Waals surface area contributed by atoms with Gasteiger partial charge in [0.1, 0.15) is 5.60 Å². The number of benzene rings is 1. The van der Waals surface area contributed by atoms with E-state index in [1.165, 1.54) is 6.07 Å². The number of carboxylic acid groups (broad SMARTS) is 1. The number of alkyl carbamates (subject to hydrolysis) is 1. The minimum absolute atomic E-state index is 0.254. The molecule has 1 N–H and O–H groups in total. The Morgan fingerprint density at radius 2 is 1.95 bits per heavy atom. The average molecular weight is 333 g/mol. The highest BCUT2D eigenvalue weighted by Gasteiger charge is 2.22. The van der Waals surface area contributed by atoms with Gasteiger partial charge in [0.25, 0.3) is 0 Å². The van der Waals surface area contributed by atoms with Gasteiger partial charge in [-0.2, -0.15) is 0 Å². The van der Waals surface area contributed by atoms with Crippen molar-refractivity contribution in [3.63, 3.8) is 0 Å². The normalized spacial score (nSPS) is 12.6. The number of hydrogen-bond acceptors (Lipinski definition) is 4. The van der Waals surface area contributed by atoms with Crippen LogP contribution in [0.3, 0.4) is 0 Å². The highest BCUT2D eigenvalue weighted by Crippen LogP contribution is 2.28. The summed E-state index contributed by atoms with van der Waals surface area (Å²) in [4.78, 5) is 22.6. The molecule has 0 saturated carbocycles. The second-order valence-electron chi connectivity index (χ2n) is 5.44. The Kier molecular flexibility index (Phi) is 5.87. The van der Waals surface area contributed by atoms with E-state index < -0.39 is 30.1 Å². The Balaban J connectivity index is 2.95. The summed E-state index contributed by atoms with van der Waals surface area (Å²) in [6.07, 6.45) is -1.17. The zero-order valence-electron chi connectivity index (χ0n) is 11.9. The lowest BCUT2D eigenvalue weighted by atomic mass is 10.0. The van der Waals surface area contributed by atoms with Gasteiger partial charge in [-0.15, -0.1) is 0 Å². The van der Waals surface area contributed by atoms with Crippen LogP contribution in [0, 0.1) is 0 Å². The van der Waals surface area contributed by atoms with Gasteiger partial charge in [0.05, 0.1) is 6.04 Å². The van der Waals surface area contributed by atoms with Crippen LogP contribution in [0.5, 0.6) is 0 Å². The highest BCUT2D eigenvalue weighted by atomic mass is 35.5. The Bertz CT molecular complexity index is 540. The first-order chi connectivity index (χ1) is 9.58. The zero-order chi connectivity index (χ0) is 16.2. The van der Waals surface area contributed by atoms with Crippen LogP contribution in [-0.4, -0.2) is 17.7 Å². The number of carbonyl (C=O) groups excluding carboxylic acids is 2. The maximum atomic E-state index is 11.8. The van der Waals surface area contributed by atoms with Crippen molar-refractivity contribution in [3.8, 4) is 0 Å². The molecular formula is C14H16Cl2NO4-. The largest absolute Gasteiger partial charge is 0.550 e. The number of aliphatic carboxylic acids is 1. The van der Waals surface area contributed by atoms with Gasteiger partial charge in [0.15, 0.2) is 0 Å². The van der Waals surface area contributed by atoms with Gasteiger partial charge < -0.3 is 20.0 Å². The van der Waals surface area contributed by atoms with Gasteiger partial charge in [-0.3, -0.25) is 0 Å². The lowest BCUT2D eigenvalue weighted by Crippen LogP contribution is -2.37. The van der Waals surface area contributed by atoms with E-state index in [-0.39, 0.29) is 5.02 Å². The maximum Gasteiger partial charge on any atom is 0.408 e. The molecule has 0 bridgehead atoms. The number of ether oxygens (including phenoxy) is 1. The van der Waals surface area contributed by atoms with Crippen molar-refractivity contribution in [2.45, 2.75) is 38.8 Å². The summed E-state index contributed by atoms with van der Waals surface area (Å²) in [6, 6.07) is 3.71. The number of amides is 1. The van der Waals surface area contributed by atoms with Crippen molar-refractivity contribution < 1.29 is 19.4 Å². The Labute approximate surface area is 133 Å². The SMILES string of the molecule is CC(C)(C)OC(=O)N[C@@H](CC(=O)[O-])c1ccc(Cl)cc1Cl. The minimum atomic E-state index is -1.32. The van der Waals surface area contributed by atoms with Crippen LogP contribution < -0.4 is 10.4 Å². The van der Waals surface area contributed by atoms with E-state index in [4.69, 9.17) is 27.9 Å². The van der Waals surface area contributed by atoms with E-state index in [2.05, 4.69) is 5.32 Å². The van der Waals surface area contributed by atoms with Crippen molar-refractivity contribution in [2.75, 3.05) is 0 Å². The van der Waals surface area contributed by atoms with Gasteiger partial charge >= 0.3 is 6.09 Å². The predicted molar refractivity (Wildman–Crippen MR) is 78.2 cm³/mol. The molecule has 0 unspecified atom stereocenters. The molecule has 0 fully saturated rings. The van der Waals surface area contributed by atoms with Gasteiger partial charge in [-0.05, 0) is 38.5 Å². The summed E-state index contributed by atoms with van der Waals surface area (Å²) in [6.45, 7) is 5.11. The van der Waals surface area contributed by atoms with Crippen LogP contribution in [0.25, 0.3) is 0 Å². The van der Waals surface area contributed by atoms with E-state index in [0.29, 0.717) is 10.6 Å². The summed E-state index contributed by atoms with van der Waals surface area (Å²) in [7, 11) is 0. The molecule has 7 heteroatoms. The maximum absolute atomic E-state index is 11.8. The molecule has 116 valence electrons. The molecule has 21 heavy (non-hydrogen) atoms. The molecule has 5 nitrogen and oxygen atoms in total. The van der Waals surface area contributed by atoms with Crippen LogP contribution in [-0.2, 0) is 9.53 Å². The molecule has 0 aliphatic heterocycles. The molecule has 0 saturated heterocycles. The van der Waals surface area contributed by atoms with Crippen LogP contribution in [0.2, 0.25) is 10.0 Å². The number of hydrogen-bond donors (Lipinski definition) is 1. The fourth-order valence-corrected chi connectivity index (χ4v) is 2.18. The highest BCUT2D eigenvalue weighted by molar-refractivity contribution is 6.35. The Hall–Kier alpha value is -1.46. The number of carboxylic acids is 1. The first kappa shape index (κ1) is 17.6. The minimum Gasteiger partial charge on any atom is -0.550 e. The second-order valence-corrected chi connectivity index (χ2v) is 6.28. The molecule has 0 aliphatic carbocycles. The van der Waals surface area contributed by atoms with Crippen molar-refractivity contribution in [3.05, 3.63) is 33.8 Å². The molecule has 1 amide bonds. The second kappa shape index (κ2) is 7.00. The van der Waals surface area contributed by atoms with Crippen LogP contribution >= 0.6 is 23.2 Å². The quantitative estimate of drug-likeness (QED) is 0.919. The van der Waals surface area contributed by atoms with Crippen LogP contribution in [0.15, 0.2) is 18.2 Å². The van der Waals surface area contributed by atoms with Crippen LogP contribution in [0.1, 0.15) is 38.8 Å². The zero-order valence-corrected chi connectivity index (χ0v) is 13.4. The van der Waals surface area contributed by atoms with Gasteiger partial charge in [0, 0.05) is 22.4 Å². The molecule has 0 spiro atoms. The molecular weight excluding hydrogens is 317 g/mol. The molecule has 0 radical (unpaired) electrons. The summed E-state index contributed by atoms with van der Waals surface area (Å²) < 4.78 is 5.10. The van der Waals surface area contributed by atoms with E-state index in [0.717, 1.165) is 0 Å². The Morgan fingerprint density at radius 1 is 1.33 bits per heavy atom. The van der Waals surface area contributed by atoms with Gasteiger partial charge in [0.2, 0.25) is 0 Å². The summed E-state index contributed by atoms with van der Waals surface area (Å²) in [5.74, 6) is -1.32. The van der Waals surface area contributed by atoms with E-state index in [9.17, 15) is 14.7 Å². The average Bonchev–Trinajstić information content (AvgIpc) is 2.24. The number of rotatable bonds is 4. The molecule has 0 aromatic heterocycles. The number of carbonyl (C=O) groups is 2. The standard InChI is InChI=1S/C14H17Cl2NO4/c1-14(2,3)21-13(20)17-11(7-12(18)19)9-5-4-8(15)6-10(9)16/h4-6,11H,7H2,1-3H3,(H,17,20)(H,18,19)/p-1/t11-/m0/s1. The molecule has 0 heterocycles. The smallest absolute Gasteiger partial charge is 0.408 e. The number of nitrogens with one attached hydrogen (secondary N) is 1. The van der Waals surface area contributed by atoms with Crippen molar-refractivity contribution in [1.29, 1.82) is 0 Å². The monoisotopic (exact) mass is 332 g/mol. The summed E-state index contributed by atoms with van der Waals surface area (Å²) in [5, 5.41) is 14.0. The molecule has 1 aromatic rings. The molecule has 0 aliphatic rings. The Morgan fingerprint density at radius 3 is 2.43 bits per heavy atom.